The number of carbonyl (C=O) groups excluding carboxylic acids is 3. The molecule has 0 fully saturated rings. The molecule has 24 heavy (non-hydrogen) atoms. The quantitative estimate of drug-likeness (QED) is 0.732. The van der Waals surface area contributed by atoms with Crippen molar-refractivity contribution in [1.29, 1.82) is 0 Å². The highest BCUT2D eigenvalue weighted by Gasteiger charge is 2.25. The molecular weight excluding hydrogens is 332 g/mol. The molecule has 1 atom stereocenters. The van der Waals surface area contributed by atoms with Gasteiger partial charge in [0.2, 0.25) is 5.91 Å². The first-order valence-electron chi connectivity index (χ1n) is 7.16. The SMILES string of the molecule is C[C@@H](NC(=O)c1ncnc2c1CCC(=O)N2)c1ncc(C(N)=O)s1. The monoisotopic (exact) mass is 346 g/mol. The Balaban J connectivity index is 1.78. The fraction of sp³-hybridized carbons (Fsp3) is 0.286. The Hall–Kier alpha value is -2.88. The van der Waals surface area contributed by atoms with E-state index in [4.69, 9.17) is 5.73 Å². The van der Waals surface area contributed by atoms with Gasteiger partial charge in [0.05, 0.1) is 12.2 Å². The lowest BCUT2D eigenvalue weighted by molar-refractivity contribution is -0.116. The third-order valence-corrected chi connectivity index (χ3v) is 4.70. The third-order valence-electron chi connectivity index (χ3n) is 3.50. The number of nitrogens with zero attached hydrogens (tertiary/aromatic N) is 3. The summed E-state index contributed by atoms with van der Waals surface area (Å²) >= 11 is 1.13. The van der Waals surface area contributed by atoms with Gasteiger partial charge in [0, 0.05) is 12.0 Å². The van der Waals surface area contributed by atoms with E-state index in [1.807, 2.05) is 0 Å². The number of hydrogen-bond acceptors (Lipinski definition) is 7. The molecule has 0 spiro atoms. The molecule has 0 aliphatic carbocycles. The molecule has 9 nitrogen and oxygen atoms in total. The van der Waals surface area contributed by atoms with Gasteiger partial charge in [-0.15, -0.1) is 11.3 Å². The van der Waals surface area contributed by atoms with E-state index in [0.717, 1.165) is 11.3 Å². The van der Waals surface area contributed by atoms with Crippen LogP contribution >= 0.6 is 11.3 Å². The lowest BCUT2D eigenvalue weighted by Gasteiger charge is -2.18. The van der Waals surface area contributed by atoms with Crippen LogP contribution in [0.15, 0.2) is 12.5 Å². The summed E-state index contributed by atoms with van der Waals surface area (Å²) in [4.78, 5) is 47.5. The maximum atomic E-state index is 12.5. The van der Waals surface area contributed by atoms with Crippen molar-refractivity contribution in [3.05, 3.63) is 33.7 Å². The Labute approximate surface area is 140 Å². The summed E-state index contributed by atoms with van der Waals surface area (Å²) < 4.78 is 0. The molecule has 2 aromatic rings. The van der Waals surface area contributed by atoms with Crippen molar-refractivity contribution in [3.8, 4) is 0 Å². The van der Waals surface area contributed by atoms with Gasteiger partial charge in [-0.2, -0.15) is 0 Å². The van der Waals surface area contributed by atoms with Crippen LogP contribution in [0.5, 0.6) is 0 Å². The van der Waals surface area contributed by atoms with Crippen molar-refractivity contribution in [2.24, 2.45) is 5.73 Å². The highest BCUT2D eigenvalue weighted by Crippen LogP contribution is 2.24. The number of fused-ring (bicyclic) bond motifs is 1. The first-order valence-corrected chi connectivity index (χ1v) is 7.97. The van der Waals surface area contributed by atoms with E-state index in [1.54, 1.807) is 6.92 Å². The number of hydrogen-bond donors (Lipinski definition) is 3. The van der Waals surface area contributed by atoms with Gasteiger partial charge in [0.1, 0.15) is 27.7 Å². The van der Waals surface area contributed by atoms with Crippen molar-refractivity contribution in [3.63, 3.8) is 0 Å². The van der Waals surface area contributed by atoms with Crippen LogP contribution in [-0.2, 0) is 11.2 Å². The van der Waals surface area contributed by atoms with Gasteiger partial charge < -0.3 is 16.4 Å². The fourth-order valence-corrected chi connectivity index (χ4v) is 3.09. The van der Waals surface area contributed by atoms with Gasteiger partial charge in [-0.25, -0.2) is 15.0 Å². The van der Waals surface area contributed by atoms with Crippen molar-refractivity contribution in [2.75, 3.05) is 5.32 Å². The lowest BCUT2D eigenvalue weighted by Crippen LogP contribution is -2.30. The number of thiazole rings is 1. The Morgan fingerprint density at radius 1 is 1.33 bits per heavy atom. The highest BCUT2D eigenvalue weighted by atomic mass is 32.1. The maximum absolute atomic E-state index is 12.5. The van der Waals surface area contributed by atoms with Crippen molar-refractivity contribution in [2.45, 2.75) is 25.8 Å². The van der Waals surface area contributed by atoms with Crippen LogP contribution in [0.3, 0.4) is 0 Å². The number of primary amides is 1. The molecule has 3 rings (SSSR count). The first kappa shape index (κ1) is 16.0. The molecule has 3 amide bonds. The molecule has 2 aromatic heterocycles. The number of anilines is 1. The molecule has 1 aliphatic heterocycles. The van der Waals surface area contributed by atoms with Crippen molar-refractivity contribution < 1.29 is 14.4 Å². The number of amides is 3. The predicted octanol–water partition coefficient (Wildman–Crippen LogP) is 0.408. The normalized spacial score (nSPS) is 14.5. The number of aromatic nitrogens is 3. The molecule has 0 saturated heterocycles. The second-order valence-corrected chi connectivity index (χ2v) is 6.28. The summed E-state index contributed by atoms with van der Waals surface area (Å²) in [6.07, 6.45) is 3.30. The van der Waals surface area contributed by atoms with Crippen LogP contribution in [-0.4, -0.2) is 32.7 Å². The molecule has 124 valence electrons. The van der Waals surface area contributed by atoms with Gasteiger partial charge >= 0.3 is 0 Å². The summed E-state index contributed by atoms with van der Waals surface area (Å²) in [5.74, 6) is -0.724. The van der Waals surface area contributed by atoms with Crippen LogP contribution in [0.1, 0.15) is 50.1 Å². The summed E-state index contributed by atoms with van der Waals surface area (Å²) in [7, 11) is 0. The van der Waals surface area contributed by atoms with Crippen molar-refractivity contribution >= 4 is 34.9 Å². The number of nitrogens with two attached hydrogens (primary N) is 1. The maximum Gasteiger partial charge on any atom is 0.270 e. The van der Waals surface area contributed by atoms with E-state index in [9.17, 15) is 14.4 Å². The van der Waals surface area contributed by atoms with Crippen LogP contribution in [0, 0.1) is 0 Å². The van der Waals surface area contributed by atoms with E-state index >= 15 is 0 Å². The molecule has 0 radical (unpaired) electrons. The fourth-order valence-electron chi connectivity index (χ4n) is 2.31. The largest absolute Gasteiger partial charge is 0.365 e. The van der Waals surface area contributed by atoms with E-state index in [0.29, 0.717) is 27.7 Å². The van der Waals surface area contributed by atoms with E-state index in [2.05, 4.69) is 25.6 Å². The van der Waals surface area contributed by atoms with Gasteiger partial charge in [-0.1, -0.05) is 0 Å². The standard InChI is InChI=1S/C14H14N6O3S/c1-6(14-16-4-8(24-14)11(15)22)19-13(23)10-7-2-3-9(21)20-12(7)18-5-17-10/h4-6H,2-3H2,1H3,(H2,15,22)(H,19,23)(H,17,18,20,21)/t6-/m1/s1. The molecule has 0 saturated carbocycles. The number of carbonyl (C=O) groups is 3. The Bertz CT molecular complexity index is 834. The summed E-state index contributed by atoms with van der Waals surface area (Å²) in [5, 5.41) is 5.97. The van der Waals surface area contributed by atoms with E-state index < -0.39 is 17.9 Å². The van der Waals surface area contributed by atoms with Gasteiger partial charge in [-0.3, -0.25) is 14.4 Å². The zero-order valence-corrected chi connectivity index (χ0v) is 13.5. The van der Waals surface area contributed by atoms with Crippen molar-refractivity contribution in [1.82, 2.24) is 20.3 Å². The third kappa shape index (κ3) is 3.08. The van der Waals surface area contributed by atoms with Crippen LogP contribution in [0.25, 0.3) is 0 Å². The summed E-state index contributed by atoms with van der Waals surface area (Å²) in [6.45, 7) is 1.75. The molecular formula is C14H14N6O3S. The van der Waals surface area contributed by atoms with Crippen LogP contribution < -0.4 is 16.4 Å². The Kier molecular flexibility index (Phi) is 4.21. The average Bonchev–Trinajstić information content (AvgIpc) is 3.04. The molecule has 10 heteroatoms. The lowest BCUT2D eigenvalue weighted by atomic mass is 10.0. The topological polar surface area (TPSA) is 140 Å². The molecule has 4 N–H and O–H groups in total. The summed E-state index contributed by atoms with van der Waals surface area (Å²) in [6, 6.07) is -0.417. The second kappa shape index (κ2) is 6.32. The smallest absolute Gasteiger partial charge is 0.270 e. The van der Waals surface area contributed by atoms with Gasteiger partial charge in [0.25, 0.3) is 11.8 Å². The number of rotatable bonds is 4. The highest BCUT2D eigenvalue weighted by molar-refractivity contribution is 7.13. The minimum Gasteiger partial charge on any atom is -0.365 e. The summed E-state index contributed by atoms with van der Waals surface area (Å²) in [5.41, 5.74) is 6.03. The van der Waals surface area contributed by atoms with Gasteiger partial charge in [-0.05, 0) is 13.3 Å². The zero-order chi connectivity index (χ0) is 17.3. The zero-order valence-electron chi connectivity index (χ0n) is 12.7. The first-order chi connectivity index (χ1) is 11.5. The minimum absolute atomic E-state index is 0.136. The Morgan fingerprint density at radius 3 is 2.83 bits per heavy atom. The predicted molar refractivity (Wildman–Crippen MR) is 85.5 cm³/mol. The van der Waals surface area contributed by atoms with E-state index in [1.165, 1.54) is 12.5 Å². The molecule has 0 aromatic carbocycles. The second-order valence-electron chi connectivity index (χ2n) is 5.22. The molecule has 3 heterocycles. The van der Waals surface area contributed by atoms with Crippen LogP contribution in [0.2, 0.25) is 0 Å². The Morgan fingerprint density at radius 2 is 2.12 bits per heavy atom. The minimum atomic E-state index is -0.558. The average molecular weight is 346 g/mol. The molecule has 0 unspecified atom stereocenters. The van der Waals surface area contributed by atoms with Gasteiger partial charge in [0.15, 0.2) is 0 Å². The number of nitrogens with one attached hydrogen (secondary N) is 2. The molecule has 0 bridgehead atoms. The van der Waals surface area contributed by atoms with Crippen LogP contribution in [0.4, 0.5) is 5.82 Å². The molecule has 1 aliphatic rings. The van der Waals surface area contributed by atoms with E-state index in [-0.39, 0.29) is 18.0 Å².